The van der Waals surface area contributed by atoms with Gasteiger partial charge < -0.3 is 0 Å². The minimum absolute atomic E-state index is 0.428. The molecule has 44 valence electrons. The van der Waals surface area contributed by atoms with Gasteiger partial charge in [-0.2, -0.15) is 0 Å². The van der Waals surface area contributed by atoms with E-state index < -0.39 is 0 Å². The number of hydrazone groups is 1. The maximum atomic E-state index is 4.07. The average Bonchev–Trinajstić information content (AvgIpc) is 1.85. The fourth-order valence-electron chi connectivity index (χ4n) is 0.490. The molecule has 0 saturated carbocycles. The van der Waals surface area contributed by atoms with Gasteiger partial charge in [0.1, 0.15) is 3.92 Å². The van der Waals surface area contributed by atoms with Crippen LogP contribution >= 0.6 is 38.5 Å². The summed E-state index contributed by atoms with van der Waals surface area (Å²) >= 11 is 5.61. The van der Waals surface area contributed by atoms with Gasteiger partial charge in [-0.25, -0.2) is 0 Å². The smallest absolute Gasteiger partial charge is 0.0957 e. The molecule has 1 atom stereocenters. The molecule has 0 bridgehead atoms. The van der Waals surface area contributed by atoms with Gasteiger partial charge in [0, 0.05) is 5.10 Å². The van der Waals surface area contributed by atoms with Gasteiger partial charge in [0.2, 0.25) is 0 Å². The maximum Gasteiger partial charge on any atom is 0.192 e. The van der Waals surface area contributed by atoms with Crippen molar-refractivity contribution in [3.63, 3.8) is 0 Å². The van der Waals surface area contributed by atoms with Crippen LogP contribution in [0.2, 0.25) is 0 Å². The van der Waals surface area contributed by atoms with Gasteiger partial charge in [-0.1, -0.05) is 27.3 Å². The van der Waals surface area contributed by atoms with Crippen molar-refractivity contribution in [3.05, 3.63) is 0 Å². The molecular formula is C4H5BrIN2+. The molecule has 1 unspecified atom stereocenters. The van der Waals surface area contributed by atoms with E-state index in [1.54, 1.807) is 4.68 Å². The summed E-state index contributed by atoms with van der Waals surface area (Å²) in [5.41, 5.74) is 0. The summed E-state index contributed by atoms with van der Waals surface area (Å²) in [6.07, 6.45) is 2.03. The molecule has 1 heterocycles. The number of hydrogen-bond acceptors (Lipinski definition) is 1. The molecular weight excluding hydrogens is 283 g/mol. The number of rotatable bonds is 0. The minimum Gasteiger partial charge on any atom is -0.0957 e. The van der Waals surface area contributed by atoms with E-state index in [9.17, 15) is 0 Å². The molecule has 0 aliphatic carbocycles. The monoisotopic (exact) mass is 287 g/mol. The second-order valence-corrected chi connectivity index (χ2v) is 3.70. The van der Waals surface area contributed by atoms with Crippen LogP contribution in [0.15, 0.2) is 5.10 Å². The molecule has 0 radical (unpaired) electrons. The van der Waals surface area contributed by atoms with Crippen LogP contribution in [0.3, 0.4) is 0 Å². The van der Waals surface area contributed by atoms with Gasteiger partial charge in [0.05, 0.1) is 0 Å². The summed E-state index contributed by atoms with van der Waals surface area (Å²) < 4.78 is 3.24. The average molecular weight is 288 g/mol. The molecule has 1 aliphatic heterocycles. The molecule has 0 spiro atoms. The zero-order chi connectivity index (χ0) is 6.15. The van der Waals surface area contributed by atoms with Crippen molar-refractivity contribution in [3.8, 4) is 0 Å². The largest absolute Gasteiger partial charge is 0.192 e. The Morgan fingerprint density at radius 2 is 2.62 bits per heavy atom. The van der Waals surface area contributed by atoms with Gasteiger partial charge in [-0.3, -0.25) is 0 Å². The standard InChI is InChI=1S/C4H5BrIN2/c1-8-2-3(6)4(5)7-8/h2-3H,1H3/q+1. The first-order valence-corrected chi connectivity index (χ1v) is 4.20. The molecule has 0 aromatic carbocycles. The lowest BCUT2D eigenvalue weighted by Crippen LogP contribution is -2.03. The Labute approximate surface area is 69.9 Å². The second-order valence-electron chi connectivity index (χ2n) is 1.55. The van der Waals surface area contributed by atoms with Crippen LogP contribution in [-0.2, 0) is 0 Å². The van der Waals surface area contributed by atoms with E-state index >= 15 is 0 Å². The molecule has 0 aromatic heterocycles. The first-order valence-electron chi connectivity index (χ1n) is 2.16. The number of hydrogen-bond donors (Lipinski definition) is 0. The van der Waals surface area contributed by atoms with Crippen molar-refractivity contribution in [2.45, 2.75) is 3.92 Å². The number of halogens is 2. The zero-order valence-electron chi connectivity index (χ0n) is 4.31. The molecule has 1 aliphatic rings. The molecule has 4 heteroatoms. The lowest BCUT2D eigenvalue weighted by Gasteiger charge is -1.81. The summed E-state index contributed by atoms with van der Waals surface area (Å²) in [6, 6.07) is 0. The quantitative estimate of drug-likeness (QED) is 0.362. The van der Waals surface area contributed by atoms with E-state index in [-0.39, 0.29) is 0 Å². The third-order valence-corrected chi connectivity index (χ3v) is 3.25. The molecule has 1 rings (SSSR count). The van der Waals surface area contributed by atoms with Crippen molar-refractivity contribution in [1.29, 1.82) is 0 Å². The topological polar surface area (TPSA) is 15.4 Å². The zero-order valence-corrected chi connectivity index (χ0v) is 8.05. The Kier molecular flexibility index (Phi) is 2.02. The van der Waals surface area contributed by atoms with Crippen LogP contribution in [-0.4, -0.2) is 26.5 Å². The molecule has 0 N–H and O–H groups in total. The highest BCUT2D eigenvalue weighted by Crippen LogP contribution is 2.10. The first kappa shape index (κ1) is 6.67. The van der Waals surface area contributed by atoms with Crippen molar-refractivity contribution >= 4 is 49.4 Å². The van der Waals surface area contributed by atoms with Crippen LogP contribution in [0.5, 0.6) is 0 Å². The highest BCUT2D eigenvalue weighted by Gasteiger charge is 2.19. The lowest BCUT2D eigenvalue weighted by molar-refractivity contribution is -0.494. The van der Waals surface area contributed by atoms with Gasteiger partial charge in [0.15, 0.2) is 17.9 Å². The van der Waals surface area contributed by atoms with E-state index in [2.05, 4.69) is 43.6 Å². The SMILES string of the molecule is C[N+]1=CC(I)C(Br)=N1. The van der Waals surface area contributed by atoms with Crippen LogP contribution in [0.1, 0.15) is 0 Å². The van der Waals surface area contributed by atoms with Crippen LogP contribution in [0.25, 0.3) is 0 Å². The summed E-state index contributed by atoms with van der Waals surface area (Å²) in [5.74, 6) is 0. The fraction of sp³-hybridized carbons (Fsp3) is 0.500. The van der Waals surface area contributed by atoms with E-state index in [0.29, 0.717) is 3.92 Å². The third kappa shape index (κ3) is 1.28. The minimum atomic E-state index is 0.428. The van der Waals surface area contributed by atoms with Crippen LogP contribution in [0.4, 0.5) is 0 Å². The molecule has 0 fully saturated rings. The Bertz CT molecular complexity index is 163. The second kappa shape index (κ2) is 2.43. The summed E-state index contributed by atoms with van der Waals surface area (Å²) in [5, 5.41) is 4.07. The molecule has 0 aromatic rings. The Morgan fingerprint density at radius 1 is 2.00 bits per heavy atom. The van der Waals surface area contributed by atoms with E-state index in [1.807, 2.05) is 13.3 Å². The lowest BCUT2D eigenvalue weighted by atomic mass is 10.5. The predicted octanol–water partition coefficient (Wildman–Crippen LogP) is 1.23. The van der Waals surface area contributed by atoms with Gasteiger partial charge in [-0.05, 0) is 15.9 Å². The van der Waals surface area contributed by atoms with Crippen molar-refractivity contribution in [1.82, 2.24) is 0 Å². The number of nitrogens with zero attached hydrogens (tertiary/aromatic N) is 2. The summed E-state index contributed by atoms with van der Waals surface area (Å²) in [6.45, 7) is 0. The summed E-state index contributed by atoms with van der Waals surface area (Å²) in [7, 11) is 1.92. The number of alkyl halides is 1. The van der Waals surface area contributed by atoms with E-state index in [1.165, 1.54) is 0 Å². The predicted molar refractivity (Wildman–Crippen MR) is 46.4 cm³/mol. The van der Waals surface area contributed by atoms with Crippen molar-refractivity contribution in [2.24, 2.45) is 5.10 Å². The Morgan fingerprint density at radius 3 is 2.75 bits per heavy atom. The van der Waals surface area contributed by atoms with E-state index in [4.69, 9.17) is 0 Å². The molecule has 2 nitrogen and oxygen atoms in total. The molecule has 0 saturated heterocycles. The van der Waals surface area contributed by atoms with Gasteiger partial charge >= 0.3 is 0 Å². The van der Waals surface area contributed by atoms with Crippen molar-refractivity contribution < 1.29 is 4.68 Å². The summed E-state index contributed by atoms with van der Waals surface area (Å²) in [4.78, 5) is 0. The highest BCUT2D eigenvalue weighted by molar-refractivity contribution is 14.1. The van der Waals surface area contributed by atoms with Crippen molar-refractivity contribution in [2.75, 3.05) is 7.05 Å². The van der Waals surface area contributed by atoms with Gasteiger partial charge in [-0.15, -0.1) is 0 Å². The highest BCUT2D eigenvalue weighted by atomic mass is 127. The van der Waals surface area contributed by atoms with E-state index in [0.717, 1.165) is 4.62 Å². The molecule has 8 heavy (non-hydrogen) atoms. The maximum absolute atomic E-state index is 4.07. The molecule has 0 amide bonds. The van der Waals surface area contributed by atoms with Gasteiger partial charge in [0.25, 0.3) is 0 Å². The first-order chi connectivity index (χ1) is 3.70. The Balaban J connectivity index is 2.78. The van der Waals surface area contributed by atoms with Crippen LogP contribution < -0.4 is 0 Å². The fourth-order valence-corrected chi connectivity index (χ4v) is 1.45. The normalized spacial score (nSPS) is 27.6. The Hall–Kier alpha value is 0.550. The van der Waals surface area contributed by atoms with Crippen LogP contribution in [0, 0.1) is 0 Å². The third-order valence-electron chi connectivity index (χ3n) is 0.827.